The summed E-state index contributed by atoms with van der Waals surface area (Å²) in [7, 11) is 1.69. The van der Waals surface area contributed by atoms with Gasteiger partial charge < -0.3 is 4.74 Å². The van der Waals surface area contributed by atoms with Crippen molar-refractivity contribution in [2.45, 2.75) is 16.6 Å². The zero-order chi connectivity index (χ0) is 20.3. The number of aromatic nitrogens is 3. The van der Waals surface area contributed by atoms with Crippen LogP contribution in [0.25, 0.3) is 5.69 Å². The van der Waals surface area contributed by atoms with Crippen LogP contribution < -0.4 is 4.74 Å². The van der Waals surface area contributed by atoms with E-state index in [2.05, 4.69) is 35.4 Å². The van der Waals surface area contributed by atoms with E-state index in [0.29, 0.717) is 0 Å². The molecule has 1 aliphatic rings. The third-order valence-electron chi connectivity index (χ3n) is 5.03. The Labute approximate surface area is 179 Å². The molecule has 0 radical (unpaired) electrons. The molecule has 30 heavy (non-hydrogen) atoms. The van der Waals surface area contributed by atoms with Crippen molar-refractivity contribution < 1.29 is 4.74 Å². The van der Waals surface area contributed by atoms with Crippen LogP contribution in [0, 0.1) is 0 Å². The average Bonchev–Trinajstić information content (AvgIpc) is 3.22. The van der Waals surface area contributed by atoms with Crippen molar-refractivity contribution >= 4 is 23.2 Å². The molecule has 5 nitrogen and oxygen atoms in total. The fraction of sp³-hybridized carbons (Fsp3) is 0.125. The molecule has 0 spiro atoms. The van der Waals surface area contributed by atoms with Crippen LogP contribution in [0.15, 0.2) is 94.9 Å². The number of ether oxygens (including phenoxy) is 1. The minimum absolute atomic E-state index is 0.222. The fourth-order valence-corrected chi connectivity index (χ4v) is 4.69. The number of aliphatic imine (C=N–C) groups is 1. The van der Waals surface area contributed by atoms with Crippen LogP contribution in [-0.2, 0) is 0 Å². The normalized spacial score (nSPS) is 15.8. The lowest BCUT2D eigenvalue weighted by Gasteiger charge is -2.16. The van der Waals surface area contributed by atoms with Crippen LogP contribution in [0.2, 0.25) is 0 Å². The second-order valence-corrected chi connectivity index (χ2v) is 8.21. The maximum Gasteiger partial charge on any atom is 0.127 e. The zero-order valence-corrected chi connectivity index (χ0v) is 17.3. The van der Waals surface area contributed by atoms with Crippen LogP contribution in [0.1, 0.15) is 22.9 Å². The summed E-state index contributed by atoms with van der Waals surface area (Å²) < 4.78 is 5.32. The smallest absolute Gasteiger partial charge is 0.127 e. The van der Waals surface area contributed by atoms with Crippen LogP contribution in [0.4, 0.5) is 5.69 Å². The highest BCUT2D eigenvalue weighted by Gasteiger charge is 2.24. The quantitative estimate of drug-likeness (QED) is 0.436. The lowest BCUT2D eigenvalue weighted by Crippen LogP contribution is -2.07. The number of nitrogens with zero attached hydrogens (tertiary/aromatic N) is 4. The first kappa shape index (κ1) is 18.6. The summed E-state index contributed by atoms with van der Waals surface area (Å²) in [5, 5.41) is 9.41. The lowest BCUT2D eigenvalue weighted by molar-refractivity contribution is 0.414. The predicted molar refractivity (Wildman–Crippen MR) is 120 cm³/mol. The first-order valence-corrected chi connectivity index (χ1v) is 10.6. The molecule has 0 fully saturated rings. The van der Waals surface area contributed by atoms with Gasteiger partial charge in [-0.3, -0.25) is 0 Å². The van der Waals surface area contributed by atoms with Crippen molar-refractivity contribution in [3.63, 3.8) is 0 Å². The molecule has 0 amide bonds. The molecule has 0 bridgehead atoms. The molecule has 1 atom stereocenters. The fourth-order valence-electron chi connectivity index (χ4n) is 3.46. The Morgan fingerprint density at radius 3 is 2.50 bits per heavy atom. The Hall–Kier alpha value is -3.38. The van der Waals surface area contributed by atoms with Gasteiger partial charge in [-0.05, 0) is 42.0 Å². The number of rotatable bonds is 4. The van der Waals surface area contributed by atoms with Gasteiger partial charge in [0.2, 0.25) is 0 Å². The summed E-state index contributed by atoms with van der Waals surface area (Å²) in [6, 6.07) is 26.5. The van der Waals surface area contributed by atoms with E-state index in [1.54, 1.807) is 18.1 Å². The van der Waals surface area contributed by atoms with Crippen LogP contribution in [0.5, 0.6) is 5.75 Å². The van der Waals surface area contributed by atoms with Gasteiger partial charge >= 0.3 is 0 Å². The summed E-state index contributed by atoms with van der Waals surface area (Å²) in [6.45, 7) is 0. The van der Waals surface area contributed by atoms with Crippen molar-refractivity contribution in [1.29, 1.82) is 0 Å². The Kier molecular flexibility index (Phi) is 5.07. The molecule has 0 aliphatic carbocycles. The standard InChI is InChI=1S/C24H20N4OS/c1-29-19-13-11-17(12-14-19)24-15-21(26-20-9-5-6-10-23(20)30-24)22-16-25-28(27-22)18-7-3-2-4-8-18/h2-14,16,24H,15H2,1H3. The topological polar surface area (TPSA) is 52.3 Å². The van der Waals surface area contributed by atoms with Gasteiger partial charge in [0, 0.05) is 16.6 Å². The molecule has 148 valence electrons. The maximum atomic E-state index is 5.32. The third-order valence-corrected chi connectivity index (χ3v) is 6.35. The van der Waals surface area contributed by atoms with Gasteiger partial charge in [-0.25, -0.2) is 4.99 Å². The van der Waals surface area contributed by atoms with E-state index in [4.69, 9.17) is 14.8 Å². The van der Waals surface area contributed by atoms with Crippen molar-refractivity contribution in [2.75, 3.05) is 7.11 Å². The predicted octanol–water partition coefficient (Wildman–Crippen LogP) is 5.63. The minimum atomic E-state index is 0.222. The minimum Gasteiger partial charge on any atom is -0.497 e. The lowest BCUT2D eigenvalue weighted by atomic mass is 10.0. The molecule has 1 aliphatic heterocycles. The first-order chi connectivity index (χ1) is 14.8. The summed E-state index contributed by atoms with van der Waals surface area (Å²) >= 11 is 1.84. The van der Waals surface area contributed by atoms with Gasteiger partial charge in [-0.15, -0.1) is 16.9 Å². The number of methoxy groups -OCH3 is 1. The van der Waals surface area contributed by atoms with E-state index in [0.717, 1.165) is 35.0 Å². The number of thioether (sulfide) groups is 1. The van der Waals surface area contributed by atoms with Gasteiger partial charge in [-0.2, -0.15) is 9.90 Å². The largest absolute Gasteiger partial charge is 0.497 e. The van der Waals surface area contributed by atoms with Gasteiger partial charge in [0.15, 0.2) is 0 Å². The zero-order valence-electron chi connectivity index (χ0n) is 16.5. The number of hydrogen-bond acceptors (Lipinski definition) is 5. The number of hydrogen-bond donors (Lipinski definition) is 0. The number of benzene rings is 3. The van der Waals surface area contributed by atoms with Crippen molar-refractivity contribution in [1.82, 2.24) is 15.0 Å². The van der Waals surface area contributed by atoms with Crippen LogP contribution in [0.3, 0.4) is 0 Å². The Morgan fingerprint density at radius 1 is 0.933 bits per heavy atom. The Morgan fingerprint density at radius 2 is 1.70 bits per heavy atom. The summed E-state index contributed by atoms with van der Waals surface area (Å²) in [6.07, 6.45) is 2.56. The molecule has 2 heterocycles. The molecule has 0 saturated heterocycles. The molecule has 3 aromatic carbocycles. The number of para-hydroxylation sites is 2. The molecule has 1 unspecified atom stereocenters. The highest BCUT2D eigenvalue weighted by Crippen LogP contribution is 2.45. The maximum absolute atomic E-state index is 5.32. The molecular formula is C24H20N4OS. The molecule has 4 aromatic rings. The summed E-state index contributed by atoms with van der Waals surface area (Å²) in [5.41, 5.74) is 4.88. The number of fused-ring (bicyclic) bond motifs is 1. The second-order valence-electron chi connectivity index (χ2n) is 6.96. The van der Waals surface area contributed by atoms with E-state index >= 15 is 0 Å². The van der Waals surface area contributed by atoms with E-state index in [9.17, 15) is 0 Å². The molecule has 0 saturated carbocycles. The van der Waals surface area contributed by atoms with E-state index in [-0.39, 0.29) is 5.25 Å². The van der Waals surface area contributed by atoms with Gasteiger partial charge in [0.25, 0.3) is 0 Å². The first-order valence-electron chi connectivity index (χ1n) is 9.75. The summed E-state index contributed by atoms with van der Waals surface area (Å²) in [4.78, 5) is 7.81. The highest BCUT2D eigenvalue weighted by molar-refractivity contribution is 7.99. The highest BCUT2D eigenvalue weighted by atomic mass is 32.2. The van der Waals surface area contributed by atoms with Crippen molar-refractivity contribution in [2.24, 2.45) is 4.99 Å². The van der Waals surface area contributed by atoms with Gasteiger partial charge in [-0.1, -0.05) is 42.5 Å². The molecule has 1 aromatic heterocycles. The average molecular weight is 413 g/mol. The van der Waals surface area contributed by atoms with Crippen LogP contribution in [-0.4, -0.2) is 27.8 Å². The van der Waals surface area contributed by atoms with Gasteiger partial charge in [0.1, 0.15) is 11.4 Å². The molecule has 0 N–H and O–H groups in total. The van der Waals surface area contributed by atoms with E-state index in [1.807, 2.05) is 60.3 Å². The molecular weight excluding hydrogens is 392 g/mol. The van der Waals surface area contributed by atoms with Crippen LogP contribution >= 0.6 is 11.8 Å². The van der Waals surface area contributed by atoms with Crippen molar-refractivity contribution in [3.05, 3.63) is 96.3 Å². The monoisotopic (exact) mass is 412 g/mol. The molecule has 5 rings (SSSR count). The van der Waals surface area contributed by atoms with Gasteiger partial charge in [0.05, 0.1) is 30.4 Å². The van der Waals surface area contributed by atoms with E-state index < -0.39 is 0 Å². The Bertz CT molecular complexity index is 1190. The SMILES string of the molecule is COc1ccc(C2CC(c3cnn(-c4ccccc4)n3)=Nc3ccccc3S2)cc1. The third kappa shape index (κ3) is 3.74. The van der Waals surface area contributed by atoms with E-state index in [1.165, 1.54) is 10.5 Å². The van der Waals surface area contributed by atoms with Crippen molar-refractivity contribution in [3.8, 4) is 11.4 Å². The molecule has 6 heteroatoms. The summed E-state index contributed by atoms with van der Waals surface area (Å²) in [5.74, 6) is 0.859. The Balaban J connectivity index is 1.53. The second kappa shape index (κ2) is 8.16.